The number of carbonyl (C=O) groups excluding carboxylic acids is 1. The molecule has 30 heavy (non-hydrogen) atoms. The second-order valence-electron chi connectivity index (χ2n) is 6.64. The van der Waals surface area contributed by atoms with Crippen molar-refractivity contribution in [1.82, 2.24) is 0 Å². The Kier molecular flexibility index (Phi) is 5.69. The minimum absolute atomic E-state index is 0.101. The molecule has 0 saturated heterocycles. The molecule has 1 aliphatic heterocycles. The molecule has 8 heteroatoms. The number of sulfone groups is 1. The number of rotatable bonds is 5. The third-order valence-corrected chi connectivity index (χ3v) is 7.23. The molecule has 0 bridgehead atoms. The highest BCUT2D eigenvalue weighted by molar-refractivity contribution is 8.00. The largest absolute Gasteiger partial charge is 0.486 e. The zero-order valence-corrected chi connectivity index (χ0v) is 17.5. The van der Waals surface area contributed by atoms with Crippen LogP contribution in [0.5, 0.6) is 0 Å². The number of hydrogen-bond donors (Lipinski definition) is 0. The summed E-state index contributed by atoms with van der Waals surface area (Å²) in [5.41, 5.74) is 0.844. The van der Waals surface area contributed by atoms with Crippen molar-refractivity contribution in [2.75, 3.05) is 17.3 Å². The van der Waals surface area contributed by atoms with Crippen LogP contribution in [0.3, 0.4) is 0 Å². The van der Waals surface area contributed by atoms with Crippen molar-refractivity contribution in [1.29, 1.82) is 0 Å². The summed E-state index contributed by atoms with van der Waals surface area (Å²) >= 11 is 1.47. The monoisotopic (exact) mass is 443 g/mol. The molecule has 0 saturated carbocycles. The minimum Gasteiger partial charge on any atom is -0.486 e. The molecule has 0 radical (unpaired) electrons. The van der Waals surface area contributed by atoms with Crippen LogP contribution >= 0.6 is 11.3 Å². The lowest BCUT2D eigenvalue weighted by molar-refractivity contribution is -0.118. The van der Waals surface area contributed by atoms with Crippen LogP contribution in [0, 0.1) is 5.82 Å². The van der Waals surface area contributed by atoms with E-state index in [-0.39, 0.29) is 29.6 Å². The molecule has 154 valence electrons. The lowest BCUT2D eigenvalue weighted by Gasteiger charge is -2.27. The van der Waals surface area contributed by atoms with E-state index in [1.807, 2.05) is 17.5 Å². The highest BCUT2D eigenvalue weighted by Crippen LogP contribution is 2.32. The highest BCUT2D eigenvalue weighted by atomic mass is 32.2. The Bertz CT molecular complexity index is 1170. The summed E-state index contributed by atoms with van der Waals surface area (Å²) in [6, 6.07) is 17.7. The second kappa shape index (κ2) is 8.41. The van der Waals surface area contributed by atoms with Crippen LogP contribution in [0.2, 0.25) is 0 Å². The van der Waals surface area contributed by atoms with Crippen LogP contribution in [-0.4, -0.2) is 26.7 Å². The first-order valence-electron chi connectivity index (χ1n) is 9.21. The predicted octanol–water partition coefficient (Wildman–Crippen LogP) is 4.23. The Balaban J connectivity index is 1.84. The number of anilines is 1. The van der Waals surface area contributed by atoms with Gasteiger partial charge in [0, 0.05) is 10.6 Å². The van der Waals surface area contributed by atoms with Gasteiger partial charge in [-0.25, -0.2) is 12.8 Å². The number of thiophene rings is 1. The number of halogens is 1. The van der Waals surface area contributed by atoms with Gasteiger partial charge in [-0.05, 0) is 41.3 Å². The summed E-state index contributed by atoms with van der Waals surface area (Å²) in [5.74, 6) is -1.43. The smallest absolute Gasteiger partial charge is 0.295 e. The quantitative estimate of drug-likeness (QED) is 0.592. The van der Waals surface area contributed by atoms with E-state index in [4.69, 9.17) is 4.74 Å². The maximum atomic E-state index is 13.6. The normalized spacial score (nSPS) is 15.5. The number of benzene rings is 2. The zero-order valence-electron chi connectivity index (χ0n) is 15.8. The third-order valence-electron chi connectivity index (χ3n) is 4.62. The maximum absolute atomic E-state index is 13.6. The van der Waals surface area contributed by atoms with Gasteiger partial charge in [0.25, 0.3) is 5.91 Å². The van der Waals surface area contributed by atoms with Crippen LogP contribution in [-0.2, 0) is 25.9 Å². The molecule has 4 rings (SSSR count). The fourth-order valence-corrected chi connectivity index (χ4v) is 5.33. The third kappa shape index (κ3) is 4.15. The van der Waals surface area contributed by atoms with E-state index in [0.29, 0.717) is 11.3 Å². The van der Waals surface area contributed by atoms with Crippen molar-refractivity contribution in [2.45, 2.75) is 6.54 Å². The molecular weight excluding hydrogens is 425 g/mol. The van der Waals surface area contributed by atoms with Crippen molar-refractivity contribution in [3.8, 4) is 0 Å². The molecule has 0 fully saturated rings. The summed E-state index contributed by atoms with van der Waals surface area (Å²) in [6.45, 7) is 0.104. The van der Waals surface area contributed by atoms with Crippen LogP contribution < -0.4 is 4.90 Å². The summed E-state index contributed by atoms with van der Waals surface area (Å²) in [6.07, 6.45) is 0. The molecular formula is C22H18FNO4S2. The number of carbonyl (C=O) groups is 1. The van der Waals surface area contributed by atoms with E-state index < -0.39 is 21.6 Å². The number of hydrogen-bond acceptors (Lipinski definition) is 5. The van der Waals surface area contributed by atoms with Gasteiger partial charge < -0.3 is 9.64 Å². The van der Waals surface area contributed by atoms with E-state index >= 15 is 0 Å². The Hall–Kier alpha value is -2.97. The maximum Gasteiger partial charge on any atom is 0.295 e. The standard InChI is InChI=1S/C22H18FNO4S2/c23-17-8-10-18(11-9-17)24(15-19-7-4-13-29-19)22(25)20-21(16-5-2-1-3-6-16)30(26,27)14-12-28-20/h1-11,13H,12,14-15H2. The van der Waals surface area contributed by atoms with Gasteiger partial charge in [0.15, 0.2) is 9.84 Å². The molecule has 1 aliphatic rings. The Morgan fingerprint density at radius 3 is 2.43 bits per heavy atom. The molecule has 0 spiro atoms. The molecule has 2 heterocycles. The molecule has 1 amide bonds. The topological polar surface area (TPSA) is 63.7 Å². The highest BCUT2D eigenvalue weighted by Gasteiger charge is 2.35. The van der Waals surface area contributed by atoms with Crippen LogP contribution in [0.4, 0.5) is 10.1 Å². The van der Waals surface area contributed by atoms with E-state index in [9.17, 15) is 17.6 Å². The summed E-state index contributed by atoms with van der Waals surface area (Å²) in [5, 5.41) is 1.89. The molecule has 0 atom stereocenters. The van der Waals surface area contributed by atoms with Gasteiger partial charge in [-0.3, -0.25) is 4.79 Å². The molecule has 3 aromatic rings. The van der Waals surface area contributed by atoms with E-state index in [0.717, 1.165) is 4.88 Å². The second-order valence-corrected chi connectivity index (χ2v) is 9.72. The summed E-state index contributed by atoms with van der Waals surface area (Å²) < 4.78 is 44.8. The summed E-state index contributed by atoms with van der Waals surface area (Å²) in [4.78, 5) is 15.8. The van der Waals surface area contributed by atoms with Crippen molar-refractivity contribution in [2.24, 2.45) is 0 Å². The van der Waals surface area contributed by atoms with E-state index in [2.05, 4.69) is 0 Å². The van der Waals surface area contributed by atoms with E-state index in [1.165, 1.54) is 40.5 Å². The molecule has 0 aliphatic carbocycles. The number of ether oxygens (including phenoxy) is 1. The molecule has 1 aromatic heterocycles. The van der Waals surface area contributed by atoms with Gasteiger partial charge >= 0.3 is 0 Å². The molecule has 0 unspecified atom stereocenters. The van der Waals surface area contributed by atoms with E-state index in [1.54, 1.807) is 30.3 Å². The van der Waals surface area contributed by atoms with Gasteiger partial charge in [-0.1, -0.05) is 36.4 Å². The van der Waals surface area contributed by atoms with Crippen molar-refractivity contribution < 1.29 is 22.3 Å². The van der Waals surface area contributed by atoms with Gasteiger partial charge in [-0.15, -0.1) is 11.3 Å². The zero-order chi connectivity index (χ0) is 21.1. The predicted molar refractivity (Wildman–Crippen MR) is 115 cm³/mol. The fraction of sp³-hybridized carbons (Fsp3) is 0.136. The van der Waals surface area contributed by atoms with Crippen molar-refractivity contribution in [3.05, 3.63) is 94.1 Å². The average Bonchev–Trinajstić information content (AvgIpc) is 3.25. The van der Waals surface area contributed by atoms with Gasteiger partial charge in [0.05, 0.1) is 12.3 Å². The van der Waals surface area contributed by atoms with Gasteiger partial charge in [-0.2, -0.15) is 0 Å². The van der Waals surface area contributed by atoms with Crippen LogP contribution in [0.25, 0.3) is 4.91 Å². The molecule has 0 N–H and O–H groups in total. The lowest BCUT2D eigenvalue weighted by atomic mass is 10.1. The first-order valence-corrected chi connectivity index (χ1v) is 11.7. The van der Waals surface area contributed by atoms with Crippen LogP contribution in [0.15, 0.2) is 77.9 Å². The molecule has 5 nitrogen and oxygen atoms in total. The van der Waals surface area contributed by atoms with Crippen molar-refractivity contribution >= 4 is 37.7 Å². The van der Waals surface area contributed by atoms with Gasteiger partial charge in [0.1, 0.15) is 17.3 Å². The summed E-state index contributed by atoms with van der Waals surface area (Å²) in [7, 11) is -3.71. The first-order chi connectivity index (χ1) is 14.5. The SMILES string of the molecule is O=C(C1=C(c2ccccc2)S(=O)(=O)CCO1)N(Cc1cccs1)c1ccc(F)cc1. The number of amides is 1. The average molecular weight is 444 g/mol. The Morgan fingerprint density at radius 1 is 1.03 bits per heavy atom. The van der Waals surface area contributed by atoms with Crippen LogP contribution in [0.1, 0.15) is 10.4 Å². The Labute approximate surface area is 178 Å². The number of nitrogens with zero attached hydrogens (tertiary/aromatic N) is 1. The minimum atomic E-state index is -3.71. The van der Waals surface area contributed by atoms with Crippen molar-refractivity contribution in [3.63, 3.8) is 0 Å². The fourth-order valence-electron chi connectivity index (χ4n) is 3.20. The first kappa shape index (κ1) is 20.3. The lowest BCUT2D eigenvalue weighted by Crippen LogP contribution is -2.36. The van der Waals surface area contributed by atoms with Gasteiger partial charge in [0.2, 0.25) is 5.76 Å². The molecule has 2 aromatic carbocycles. The Morgan fingerprint density at radius 2 is 1.77 bits per heavy atom.